The Morgan fingerprint density at radius 3 is 2.67 bits per heavy atom. The first-order valence-corrected chi connectivity index (χ1v) is 8.69. The number of carboxylic acid groups (broad SMARTS) is 1. The summed E-state index contributed by atoms with van der Waals surface area (Å²) in [5.74, 6) is -0.813. The van der Waals surface area contributed by atoms with E-state index in [9.17, 15) is 4.79 Å². The molecule has 0 radical (unpaired) electrons. The van der Waals surface area contributed by atoms with Gasteiger partial charge in [-0.05, 0) is 24.3 Å². The van der Waals surface area contributed by atoms with Crippen LogP contribution in [-0.4, -0.2) is 20.5 Å². The van der Waals surface area contributed by atoms with Crippen LogP contribution in [0.1, 0.15) is 12.1 Å². The van der Waals surface area contributed by atoms with E-state index in [0.29, 0.717) is 11.4 Å². The van der Waals surface area contributed by atoms with Gasteiger partial charge in [-0.2, -0.15) is 0 Å². The molecule has 0 saturated heterocycles. The Labute approximate surface area is 147 Å². The SMILES string of the molecule is O=C(O)CCc1c(-c2ccc(Cl)cc2)nc2sc3ccccc3n12. The van der Waals surface area contributed by atoms with E-state index in [2.05, 4.69) is 10.5 Å². The smallest absolute Gasteiger partial charge is 0.303 e. The van der Waals surface area contributed by atoms with Crippen molar-refractivity contribution < 1.29 is 9.90 Å². The van der Waals surface area contributed by atoms with Gasteiger partial charge in [-0.25, -0.2) is 4.98 Å². The molecule has 0 aliphatic heterocycles. The number of rotatable bonds is 4. The predicted octanol–water partition coefficient (Wildman–Crippen LogP) is 4.89. The molecule has 0 atom stereocenters. The molecule has 0 saturated carbocycles. The quantitative estimate of drug-likeness (QED) is 0.566. The van der Waals surface area contributed by atoms with Crippen molar-refractivity contribution in [1.29, 1.82) is 0 Å². The molecular weight excluding hydrogens is 344 g/mol. The first kappa shape index (κ1) is 15.2. The summed E-state index contributed by atoms with van der Waals surface area (Å²) in [5.41, 5.74) is 3.75. The molecule has 2 aromatic carbocycles. The van der Waals surface area contributed by atoms with Crippen molar-refractivity contribution >= 4 is 44.1 Å². The molecule has 2 heterocycles. The molecule has 0 bridgehead atoms. The van der Waals surface area contributed by atoms with Gasteiger partial charge in [0.05, 0.1) is 28.0 Å². The first-order valence-electron chi connectivity index (χ1n) is 7.50. The average Bonchev–Trinajstić information content (AvgIpc) is 3.09. The van der Waals surface area contributed by atoms with Gasteiger partial charge >= 0.3 is 5.97 Å². The van der Waals surface area contributed by atoms with Crippen molar-refractivity contribution in [2.45, 2.75) is 12.8 Å². The third-order valence-electron chi connectivity index (χ3n) is 3.94. The minimum absolute atomic E-state index is 0.0680. The Hall–Kier alpha value is -2.37. The minimum atomic E-state index is -0.813. The number of benzene rings is 2. The van der Waals surface area contributed by atoms with Crippen LogP contribution >= 0.6 is 22.9 Å². The lowest BCUT2D eigenvalue weighted by Crippen LogP contribution is -2.01. The van der Waals surface area contributed by atoms with Crippen molar-refractivity contribution in [1.82, 2.24) is 9.38 Å². The van der Waals surface area contributed by atoms with E-state index < -0.39 is 5.97 Å². The molecule has 24 heavy (non-hydrogen) atoms. The van der Waals surface area contributed by atoms with E-state index in [0.717, 1.165) is 32.1 Å². The number of hydrogen-bond donors (Lipinski definition) is 1. The van der Waals surface area contributed by atoms with Crippen LogP contribution in [0.15, 0.2) is 48.5 Å². The Morgan fingerprint density at radius 1 is 1.17 bits per heavy atom. The number of imidazole rings is 1. The number of aromatic nitrogens is 2. The fourth-order valence-corrected chi connectivity index (χ4v) is 4.04. The maximum absolute atomic E-state index is 11.1. The molecule has 4 aromatic rings. The molecule has 4 rings (SSSR count). The lowest BCUT2D eigenvalue weighted by molar-refractivity contribution is -0.136. The third kappa shape index (κ3) is 2.56. The highest BCUT2D eigenvalue weighted by Gasteiger charge is 2.18. The summed E-state index contributed by atoms with van der Waals surface area (Å²) in [6, 6.07) is 15.6. The number of aryl methyl sites for hydroxylation is 1. The van der Waals surface area contributed by atoms with Gasteiger partial charge in [0.15, 0.2) is 4.96 Å². The van der Waals surface area contributed by atoms with Crippen molar-refractivity contribution in [3.05, 3.63) is 59.2 Å². The van der Waals surface area contributed by atoms with E-state index in [4.69, 9.17) is 21.7 Å². The first-order chi connectivity index (χ1) is 11.6. The molecule has 2 aromatic heterocycles. The van der Waals surface area contributed by atoms with E-state index in [-0.39, 0.29) is 6.42 Å². The molecule has 1 N–H and O–H groups in total. The number of nitrogens with zero attached hydrogens (tertiary/aromatic N) is 2. The molecule has 0 aliphatic rings. The summed E-state index contributed by atoms with van der Waals surface area (Å²) in [6.07, 6.45) is 0.494. The second kappa shape index (κ2) is 5.92. The van der Waals surface area contributed by atoms with E-state index >= 15 is 0 Å². The van der Waals surface area contributed by atoms with Crippen LogP contribution in [0.4, 0.5) is 0 Å². The maximum Gasteiger partial charge on any atom is 0.303 e. The fraction of sp³-hybridized carbons (Fsp3) is 0.111. The molecule has 4 nitrogen and oxygen atoms in total. The molecular formula is C18H13ClN2O2S. The van der Waals surface area contributed by atoms with Crippen molar-refractivity contribution in [2.75, 3.05) is 0 Å². The predicted molar refractivity (Wildman–Crippen MR) is 97.0 cm³/mol. The monoisotopic (exact) mass is 356 g/mol. The molecule has 0 unspecified atom stereocenters. The van der Waals surface area contributed by atoms with E-state index in [1.807, 2.05) is 42.5 Å². The number of fused-ring (bicyclic) bond motifs is 3. The highest BCUT2D eigenvalue weighted by atomic mass is 35.5. The number of aliphatic carboxylic acids is 1. The average molecular weight is 357 g/mol. The molecule has 0 spiro atoms. The van der Waals surface area contributed by atoms with Crippen molar-refractivity contribution in [2.24, 2.45) is 0 Å². The van der Waals surface area contributed by atoms with Crippen LogP contribution in [0.25, 0.3) is 26.4 Å². The van der Waals surface area contributed by atoms with E-state index in [1.54, 1.807) is 11.3 Å². The largest absolute Gasteiger partial charge is 0.481 e. The van der Waals surface area contributed by atoms with Crippen LogP contribution in [0.2, 0.25) is 5.02 Å². The number of halogens is 1. The van der Waals surface area contributed by atoms with Crippen LogP contribution in [-0.2, 0) is 11.2 Å². The van der Waals surface area contributed by atoms with Crippen molar-refractivity contribution in [3.8, 4) is 11.3 Å². The molecule has 0 aliphatic carbocycles. The Balaban J connectivity index is 1.96. The Morgan fingerprint density at radius 2 is 1.92 bits per heavy atom. The fourth-order valence-electron chi connectivity index (χ4n) is 2.87. The summed E-state index contributed by atoms with van der Waals surface area (Å²) >= 11 is 7.58. The highest BCUT2D eigenvalue weighted by Crippen LogP contribution is 2.33. The molecule has 120 valence electrons. The van der Waals surface area contributed by atoms with Gasteiger partial charge in [0.25, 0.3) is 0 Å². The summed E-state index contributed by atoms with van der Waals surface area (Å²) in [6.45, 7) is 0. The number of hydrogen-bond acceptors (Lipinski definition) is 3. The van der Waals surface area contributed by atoms with Crippen LogP contribution < -0.4 is 0 Å². The van der Waals surface area contributed by atoms with Gasteiger partial charge in [0.2, 0.25) is 0 Å². The highest BCUT2D eigenvalue weighted by molar-refractivity contribution is 7.23. The zero-order chi connectivity index (χ0) is 16.7. The summed E-state index contributed by atoms with van der Waals surface area (Å²) < 4.78 is 3.21. The zero-order valence-corrected chi connectivity index (χ0v) is 14.1. The number of thiazole rings is 1. The Kier molecular flexibility index (Phi) is 3.75. The number of carboxylic acids is 1. The second-order valence-electron chi connectivity index (χ2n) is 5.50. The van der Waals surface area contributed by atoms with Crippen LogP contribution in [0.5, 0.6) is 0 Å². The van der Waals surface area contributed by atoms with Gasteiger partial charge in [-0.15, -0.1) is 0 Å². The summed E-state index contributed by atoms with van der Waals surface area (Å²) in [4.78, 5) is 16.7. The molecule has 0 amide bonds. The lowest BCUT2D eigenvalue weighted by Gasteiger charge is -2.04. The van der Waals surface area contributed by atoms with Gasteiger partial charge in [0.1, 0.15) is 0 Å². The van der Waals surface area contributed by atoms with Crippen LogP contribution in [0.3, 0.4) is 0 Å². The van der Waals surface area contributed by atoms with Gasteiger partial charge in [-0.3, -0.25) is 9.20 Å². The van der Waals surface area contributed by atoms with Crippen molar-refractivity contribution in [3.63, 3.8) is 0 Å². The van der Waals surface area contributed by atoms with Gasteiger partial charge < -0.3 is 5.11 Å². The molecule has 0 fully saturated rings. The number of para-hydroxylation sites is 1. The zero-order valence-electron chi connectivity index (χ0n) is 12.6. The number of carbonyl (C=O) groups is 1. The minimum Gasteiger partial charge on any atom is -0.481 e. The summed E-state index contributed by atoms with van der Waals surface area (Å²) in [5, 5.41) is 9.77. The molecule has 6 heteroatoms. The van der Waals surface area contributed by atoms with Crippen LogP contribution in [0, 0.1) is 0 Å². The maximum atomic E-state index is 11.1. The Bertz CT molecular complexity index is 1050. The lowest BCUT2D eigenvalue weighted by atomic mass is 10.1. The van der Waals surface area contributed by atoms with Gasteiger partial charge in [-0.1, -0.05) is 47.2 Å². The topological polar surface area (TPSA) is 54.6 Å². The van der Waals surface area contributed by atoms with E-state index in [1.165, 1.54) is 0 Å². The standard InChI is InChI=1S/C18H13ClN2O2S/c19-12-7-5-11(6-8-12)17-14(9-10-16(22)23)21-13-3-1-2-4-15(13)24-18(21)20-17/h1-8H,9-10H2,(H,22,23). The van der Waals surface area contributed by atoms with Gasteiger partial charge in [0, 0.05) is 17.0 Å². The third-order valence-corrected chi connectivity index (χ3v) is 5.22. The second-order valence-corrected chi connectivity index (χ2v) is 6.94. The normalized spacial score (nSPS) is 11.4. The summed E-state index contributed by atoms with van der Waals surface area (Å²) in [7, 11) is 0.